The van der Waals surface area contributed by atoms with Crippen LogP contribution < -0.4 is 10.1 Å². The molecule has 8 heteroatoms. The quantitative estimate of drug-likeness (QED) is 0.697. The van der Waals surface area contributed by atoms with Gasteiger partial charge in [-0.05, 0) is 41.1 Å². The van der Waals surface area contributed by atoms with Gasteiger partial charge in [-0.3, -0.25) is 4.79 Å². The molecule has 0 atom stereocenters. The summed E-state index contributed by atoms with van der Waals surface area (Å²) >= 11 is 0. The van der Waals surface area contributed by atoms with Crippen molar-refractivity contribution in [2.45, 2.75) is 0 Å². The third kappa shape index (κ3) is 4.05. The third-order valence-corrected chi connectivity index (χ3v) is 3.34. The van der Waals surface area contributed by atoms with E-state index >= 15 is 0 Å². The average Bonchev–Trinajstić information content (AvgIpc) is 3.15. The molecule has 0 fully saturated rings. The van der Waals surface area contributed by atoms with E-state index in [9.17, 15) is 9.18 Å². The summed E-state index contributed by atoms with van der Waals surface area (Å²) in [5.74, 6) is -0.250. The number of anilines is 1. The molecular formula is C17H14FN5O2. The Balaban J connectivity index is 1.68. The van der Waals surface area contributed by atoms with Crippen molar-refractivity contribution in [3.05, 3.63) is 59.9 Å². The molecule has 0 radical (unpaired) electrons. The van der Waals surface area contributed by atoms with Crippen molar-refractivity contribution in [3.63, 3.8) is 0 Å². The van der Waals surface area contributed by atoms with Crippen LogP contribution in [0.3, 0.4) is 0 Å². The minimum Gasteiger partial charge on any atom is -0.494 e. The van der Waals surface area contributed by atoms with Crippen LogP contribution >= 0.6 is 0 Å². The van der Waals surface area contributed by atoms with Gasteiger partial charge in [-0.2, -0.15) is 5.21 Å². The van der Waals surface area contributed by atoms with Gasteiger partial charge in [-0.1, -0.05) is 18.2 Å². The molecule has 126 valence electrons. The molecule has 0 saturated carbocycles. The van der Waals surface area contributed by atoms with Gasteiger partial charge in [-0.25, -0.2) is 4.39 Å². The number of aromatic amines is 1. The maximum absolute atomic E-state index is 13.6. The summed E-state index contributed by atoms with van der Waals surface area (Å²) in [6.45, 7) is 0. The summed E-state index contributed by atoms with van der Waals surface area (Å²) in [7, 11) is 1.39. The number of hydrogen-bond donors (Lipinski definition) is 2. The first kappa shape index (κ1) is 16.3. The van der Waals surface area contributed by atoms with Gasteiger partial charge in [0.05, 0.1) is 7.11 Å². The number of amides is 1. The van der Waals surface area contributed by atoms with Crippen LogP contribution in [0, 0.1) is 5.82 Å². The number of ether oxygens (including phenoxy) is 1. The summed E-state index contributed by atoms with van der Waals surface area (Å²) in [4.78, 5) is 12.0. The average molecular weight is 339 g/mol. The second-order valence-corrected chi connectivity index (χ2v) is 5.03. The van der Waals surface area contributed by atoms with E-state index < -0.39 is 5.82 Å². The predicted molar refractivity (Wildman–Crippen MR) is 90.2 cm³/mol. The SMILES string of the molecule is COc1ccc(/C=C/C(=O)Nc2cccc(-c3nn[nH]n3)c2)cc1F. The highest BCUT2D eigenvalue weighted by atomic mass is 19.1. The largest absolute Gasteiger partial charge is 0.494 e. The molecule has 1 heterocycles. The van der Waals surface area contributed by atoms with Crippen LogP contribution in [0.25, 0.3) is 17.5 Å². The second-order valence-electron chi connectivity index (χ2n) is 5.03. The highest BCUT2D eigenvalue weighted by Gasteiger charge is 2.05. The maximum atomic E-state index is 13.6. The monoisotopic (exact) mass is 339 g/mol. The topological polar surface area (TPSA) is 92.8 Å². The van der Waals surface area contributed by atoms with Crippen molar-refractivity contribution >= 4 is 17.7 Å². The smallest absolute Gasteiger partial charge is 0.248 e. The third-order valence-electron chi connectivity index (χ3n) is 3.34. The van der Waals surface area contributed by atoms with Crippen LogP contribution in [0.5, 0.6) is 5.75 Å². The molecule has 2 aromatic carbocycles. The van der Waals surface area contributed by atoms with Crippen molar-refractivity contribution in [1.82, 2.24) is 20.6 Å². The van der Waals surface area contributed by atoms with E-state index in [-0.39, 0.29) is 11.7 Å². The lowest BCUT2D eigenvalue weighted by Gasteiger charge is -2.04. The summed E-state index contributed by atoms with van der Waals surface area (Å²) < 4.78 is 18.5. The van der Waals surface area contributed by atoms with E-state index in [4.69, 9.17) is 4.74 Å². The normalized spacial score (nSPS) is 10.8. The van der Waals surface area contributed by atoms with E-state index in [1.165, 1.54) is 31.4 Å². The van der Waals surface area contributed by atoms with Gasteiger partial charge in [0.25, 0.3) is 0 Å². The minimum atomic E-state index is -0.488. The van der Waals surface area contributed by atoms with E-state index in [0.717, 1.165) is 0 Å². The van der Waals surface area contributed by atoms with Crippen LogP contribution in [-0.4, -0.2) is 33.6 Å². The van der Waals surface area contributed by atoms with Gasteiger partial charge in [0.2, 0.25) is 11.7 Å². The Labute approximate surface area is 142 Å². The number of rotatable bonds is 5. The fourth-order valence-corrected chi connectivity index (χ4v) is 2.16. The van der Waals surface area contributed by atoms with E-state index in [2.05, 4.69) is 25.9 Å². The lowest BCUT2D eigenvalue weighted by atomic mass is 10.2. The molecule has 1 aromatic heterocycles. The van der Waals surface area contributed by atoms with Gasteiger partial charge >= 0.3 is 0 Å². The fraction of sp³-hybridized carbons (Fsp3) is 0.0588. The van der Waals surface area contributed by atoms with Crippen LogP contribution in [0.15, 0.2) is 48.5 Å². The van der Waals surface area contributed by atoms with Crippen molar-refractivity contribution in [1.29, 1.82) is 0 Å². The summed E-state index contributed by atoms with van der Waals surface area (Å²) in [6.07, 6.45) is 2.84. The molecule has 0 saturated heterocycles. The zero-order valence-electron chi connectivity index (χ0n) is 13.2. The highest BCUT2D eigenvalue weighted by molar-refractivity contribution is 6.02. The first-order valence-corrected chi connectivity index (χ1v) is 7.32. The number of hydrogen-bond acceptors (Lipinski definition) is 5. The summed E-state index contributed by atoms with van der Waals surface area (Å²) in [5, 5.41) is 16.4. The van der Waals surface area contributed by atoms with Crippen molar-refractivity contribution in [2.24, 2.45) is 0 Å². The zero-order valence-corrected chi connectivity index (χ0v) is 13.2. The molecule has 7 nitrogen and oxygen atoms in total. The number of nitrogens with one attached hydrogen (secondary N) is 2. The Kier molecular flexibility index (Phi) is 4.79. The standard InChI is InChI=1S/C17H14FN5O2/c1-25-15-7-5-11(9-14(15)18)6-8-16(24)19-13-4-2-3-12(10-13)17-20-22-23-21-17/h2-10H,1H3,(H,19,24)(H,20,21,22,23)/b8-6+. The van der Waals surface area contributed by atoms with E-state index in [1.807, 2.05) is 0 Å². The van der Waals surface area contributed by atoms with Gasteiger partial charge < -0.3 is 10.1 Å². The van der Waals surface area contributed by atoms with E-state index in [0.29, 0.717) is 22.6 Å². The Morgan fingerprint density at radius 1 is 1.28 bits per heavy atom. The molecule has 2 N–H and O–H groups in total. The molecular weight excluding hydrogens is 325 g/mol. The Bertz CT molecular complexity index is 909. The van der Waals surface area contributed by atoms with E-state index in [1.54, 1.807) is 30.3 Å². The molecule has 0 aliphatic heterocycles. The highest BCUT2D eigenvalue weighted by Crippen LogP contribution is 2.19. The molecule has 1 amide bonds. The number of H-pyrrole nitrogens is 1. The summed E-state index contributed by atoms with van der Waals surface area (Å²) in [6, 6.07) is 11.5. The van der Waals surface area contributed by atoms with Crippen LogP contribution in [-0.2, 0) is 4.79 Å². The Hall–Kier alpha value is -3.55. The molecule has 0 bridgehead atoms. The molecule has 0 aliphatic carbocycles. The van der Waals surface area contributed by atoms with Gasteiger partial charge in [0.1, 0.15) is 0 Å². The van der Waals surface area contributed by atoms with Gasteiger partial charge in [0, 0.05) is 17.3 Å². The van der Waals surface area contributed by atoms with Crippen molar-refractivity contribution < 1.29 is 13.9 Å². The van der Waals surface area contributed by atoms with Gasteiger partial charge in [-0.15, -0.1) is 10.2 Å². The molecule has 3 rings (SSSR count). The number of methoxy groups -OCH3 is 1. The molecule has 25 heavy (non-hydrogen) atoms. The fourth-order valence-electron chi connectivity index (χ4n) is 2.16. The number of tetrazole rings is 1. The van der Waals surface area contributed by atoms with Crippen LogP contribution in [0.2, 0.25) is 0 Å². The van der Waals surface area contributed by atoms with Crippen LogP contribution in [0.4, 0.5) is 10.1 Å². The molecule has 0 unspecified atom stereocenters. The zero-order chi connectivity index (χ0) is 17.6. The number of aromatic nitrogens is 4. The number of halogens is 1. The lowest BCUT2D eigenvalue weighted by molar-refractivity contribution is -0.111. The molecule has 0 spiro atoms. The van der Waals surface area contributed by atoms with Crippen molar-refractivity contribution in [2.75, 3.05) is 12.4 Å². The predicted octanol–water partition coefficient (Wildman–Crippen LogP) is 2.67. The molecule has 3 aromatic rings. The minimum absolute atomic E-state index is 0.153. The number of carbonyl (C=O) groups is 1. The lowest BCUT2D eigenvalue weighted by Crippen LogP contribution is -2.07. The number of nitrogens with zero attached hydrogens (tertiary/aromatic N) is 3. The second kappa shape index (κ2) is 7.35. The number of benzene rings is 2. The first-order valence-electron chi connectivity index (χ1n) is 7.32. The van der Waals surface area contributed by atoms with Gasteiger partial charge in [0.15, 0.2) is 11.6 Å². The maximum Gasteiger partial charge on any atom is 0.248 e. The van der Waals surface area contributed by atoms with Crippen LogP contribution in [0.1, 0.15) is 5.56 Å². The number of carbonyl (C=O) groups excluding carboxylic acids is 1. The Morgan fingerprint density at radius 2 is 2.16 bits per heavy atom. The van der Waals surface area contributed by atoms with Crippen molar-refractivity contribution in [3.8, 4) is 17.1 Å². The summed E-state index contributed by atoms with van der Waals surface area (Å²) in [5.41, 5.74) is 1.85. The Morgan fingerprint density at radius 3 is 2.88 bits per heavy atom. The first-order chi connectivity index (χ1) is 12.2. The molecule has 0 aliphatic rings.